The number of anilines is 1. The van der Waals surface area contributed by atoms with Crippen LogP contribution in [0.15, 0.2) is 47.3 Å². The van der Waals surface area contributed by atoms with Crippen LogP contribution in [0.5, 0.6) is 0 Å². The van der Waals surface area contributed by atoms with E-state index in [2.05, 4.69) is 16.2 Å². The highest BCUT2D eigenvalue weighted by Gasteiger charge is 2.34. The maximum absolute atomic E-state index is 12.9. The van der Waals surface area contributed by atoms with Crippen molar-refractivity contribution < 1.29 is 37.8 Å². The molecule has 0 bridgehead atoms. The molecule has 3 aromatic rings. The summed E-state index contributed by atoms with van der Waals surface area (Å²) in [6.45, 7) is 0.282. The number of H-pyrrole nitrogens is 1. The number of carbonyl (C=O) groups excluding carboxylic acids is 1. The molecule has 0 unspecified atom stereocenters. The van der Waals surface area contributed by atoms with Crippen molar-refractivity contribution >= 4 is 34.4 Å². The van der Waals surface area contributed by atoms with Gasteiger partial charge in [-0.25, -0.2) is 9.78 Å². The molecule has 4 N–H and O–H groups in total. The molecule has 0 spiro atoms. The van der Waals surface area contributed by atoms with Gasteiger partial charge in [-0.3, -0.25) is 14.4 Å². The van der Waals surface area contributed by atoms with E-state index in [1.165, 1.54) is 30.3 Å². The van der Waals surface area contributed by atoms with Gasteiger partial charge in [-0.1, -0.05) is 12.0 Å². The highest BCUT2D eigenvalue weighted by molar-refractivity contribution is 5.97. The van der Waals surface area contributed by atoms with Crippen LogP contribution in [0.2, 0.25) is 0 Å². The molecule has 1 atom stereocenters. The van der Waals surface area contributed by atoms with Crippen molar-refractivity contribution in [3.05, 3.63) is 69.8 Å². The van der Waals surface area contributed by atoms with Gasteiger partial charge in [-0.2, -0.15) is 13.2 Å². The summed E-state index contributed by atoms with van der Waals surface area (Å²) in [6.07, 6.45) is -0.0399. The van der Waals surface area contributed by atoms with Crippen LogP contribution in [-0.2, 0) is 22.3 Å². The molecule has 198 valence electrons. The normalized spacial score (nSPS) is 11.9. The third-order valence-corrected chi connectivity index (χ3v) is 5.44. The average molecular weight is 530 g/mol. The number of fused-ring (bicyclic) bond motifs is 1. The Bertz CT molecular complexity index is 1460. The molecule has 0 fully saturated rings. The Balaban J connectivity index is 1.79. The number of hydrogen-bond acceptors (Lipinski definition) is 6. The van der Waals surface area contributed by atoms with Gasteiger partial charge in [-0.05, 0) is 48.4 Å². The second-order valence-electron chi connectivity index (χ2n) is 8.17. The van der Waals surface area contributed by atoms with Gasteiger partial charge in [0.15, 0.2) is 0 Å². The maximum Gasteiger partial charge on any atom is 0.449 e. The third-order valence-electron chi connectivity index (χ3n) is 5.44. The topological polar surface area (TPSA) is 153 Å². The lowest BCUT2D eigenvalue weighted by molar-refractivity contribution is -0.145. The summed E-state index contributed by atoms with van der Waals surface area (Å²) in [5.41, 5.74) is 0.196. The van der Waals surface area contributed by atoms with E-state index in [9.17, 15) is 37.5 Å². The molecule has 38 heavy (non-hydrogen) atoms. The summed E-state index contributed by atoms with van der Waals surface area (Å²) in [6, 6.07) is 8.83. The van der Waals surface area contributed by atoms with Crippen molar-refractivity contribution in [3.8, 4) is 12.3 Å². The fourth-order valence-electron chi connectivity index (χ4n) is 3.58. The number of carbonyl (C=O) groups is 3. The molecule has 10 nitrogen and oxygen atoms in total. The highest BCUT2D eigenvalue weighted by Crippen LogP contribution is 2.26. The van der Waals surface area contributed by atoms with Gasteiger partial charge in [0.05, 0.1) is 17.4 Å². The number of amides is 1. The van der Waals surface area contributed by atoms with E-state index < -0.39 is 47.9 Å². The summed E-state index contributed by atoms with van der Waals surface area (Å²) in [5, 5.41) is 20.2. The summed E-state index contributed by atoms with van der Waals surface area (Å²) in [4.78, 5) is 53.6. The summed E-state index contributed by atoms with van der Waals surface area (Å²) < 4.78 is 38.8. The van der Waals surface area contributed by atoms with E-state index in [4.69, 9.17) is 11.5 Å². The number of aromatic nitrogens is 2. The van der Waals surface area contributed by atoms with Crippen LogP contribution in [-0.4, -0.2) is 50.6 Å². The molecule has 0 radical (unpaired) electrons. The molecule has 0 aliphatic carbocycles. The van der Waals surface area contributed by atoms with E-state index in [1.54, 1.807) is 22.0 Å². The lowest BCUT2D eigenvalue weighted by atomic mass is 10.1. The van der Waals surface area contributed by atoms with Gasteiger partial charge in [-0.15, -0.1) is 6.42 Å². The van der Waals surface area contributed by atoms with Gasteiger partial charge in [0.2, 0.25) is 5.82 Å². The first-order valence-corrected chi connectivity index (χ1v) is 11.0. The predicted molar refractivity (Wildman–Crippen MR) is 129 cm³/mol. The Morgan fingerprint density at radius 3 is 2.39 bits per heavy atom. The summed E-state index contributed by atoms with van der Waals surface area (Å²) >= 11 is 0. The second kappa shape index (κ2) is 11.5. The number of carboxylic acids is 2. The van der Waals surface area contributed by atoms with Gasteiger partial charge in [0, 0.05) is 24.2 Å². The highest BCUT2D eigenvalue weighted by atomic mass is 19.4. The fraction of sp³-hybridized carbons (Fsp3) is 0.240. The van der Waals surface area contributed by atoms with E-state index in [0.717, 1.165) is 0 Å². The molecular weight excluding hydrogens is 509 g/mol. The summed E-state index contributed by atoms with van der Waals surface area (Å²) in [5.74, 6) is -2.17. The van der Waals surface area contributed by atoms with Crippen LogP contribution >= 0.6 is 0 Å². The Hall–Kier alpha value is -4.86. The minimum absolute atomic E-state index is 0.0286. The number of hydrogen-bond donors (Lipinski definition) is 4. The quantitative estimate of drug-likeness (QED) is 0.292. The van der Waals surface area contributed by atoms with Crippen LogP contribution < -0.4 is 15.8 Å². The average Bonchev–Trinajstić information content (AvgIpc) is 2.85. The number of terminal acetylenes is 1. The fourth-order valence-corrected chi connectivity index (χ4v) is 3.58. The minimum Gasteiger partial charge on any atom is -0.481 e. The van der Waals surface area contributed by atoms with Crippen molar-refractivity contribution in [2.75, 3.05) is 11.4 Å². The first-order chi connectivity index (χ1) is 17.9. The molecule has 13 heteroatoms. The Morgan fingerprint density at radius 2 is 1.82 bits per heavy atom. The van der Waals surface area contributed by atoms with E-state index in [1.807, 2.05) is 0 Å². The number of nitrogens with one attached hydrogen (secondary N) is 2. The molecular formula is C25H21F3N4O6. The SMILES string of the molecule is C#CCN(Cc1ccc2nc(C(F)(F)F)[nH]c(=O)c2c1)c1ccc(C(=O)N[C@@H](CCC(=O)O)C(=O)O)cc1. The minimum atomic E-state index is -4.80. The van der Waals surface area contributed by atoms with Crippen molar-refractivity contribution in [3.63, 3.8) is 0 Å². The number of aliphatic carboxylic acids is 2. The van der Waals surface area contributed by atoms with Gasteiger partial charge < -0.3 is 25.4 Å². The lowest BCUT2D eigenvalue weighted by Crippen LogP contribution is -2.41. The van der Waals surface area contributed by atoms with Crippen molar-refractivity contribution in [2.45, 2.75) is 31.6 Å². The Morgan fingerprint density at radius 1 is 1.13 bits per heavy atom. The lowest BCUT2D eigenvalue weighted by Gasteiger charge is -2.23. The number of aromatic amines is 1. The molecule has 1 aromatic heterocycles. The van der Waals surface area contributed by atoms with E-state index >= 15 is 0 Å². The van der Waals surface area contributed by atoms with Gasteiger partial charge >= 0.3 is 18.1 Å². The standard InChI is InChI=1S/C25H21F3N4O6/c1-2-11-32(13-14-3-8-18-17(12-14)22(36)31-24(30-18)25(26,27)28)16-6-4-15(5-7-16)21(35)29-19(23(37)38)9-10-20(33)34/h1,3-8,12,19H,9-11,13H2,(H,29,35)(H,33,34)(H,37,38)(H,30,31,36)/t19-/m0/s1. The smallest absolute Gasteiger partial charge is 0.449 e. The second-order valence-corrected chi connectivity index (χ2v) is 8.17. The molecule has 0 aliphatic rings. The maximum atomic E-state index is 12.9. The van der Waals surface area contributed by atoms with Crippen molar-refractivity contribution in [2.24, 2.45) is 0 Å². The zero-order valence-corrected chi connectivity index (χ0v) is 19.6. The van der Waals surface area contributed by atoms with Gasteiger partial charge in [0.25, 0.3) is 11.5 Å². The molecule has 0 saturated heterocycles. The molecule has 1 heterocycles. The molecule has 2 aromatic carbocycles. The van der Waals surface area contributed by atoms with E-state index in [-0.39, 0.29) is 36.0 Å². The van der Waals surface area contributed by atoms with Crippen LogP contribution in [0.4, 0.5) is 18.9 Å². The van der Waals surface area contributed by atoms with Crippen LogP contribution in [0.3, 0.4) is 0 Å². The number of nitrogens with zero attached hydrogens (tertiary/aromatic N) is 2. The number of halogens is 3. The first kappa shape index (κ1) is 27.7. The number of rotatable bonds is 10. The monoisotopic (exact) mass is 530 g/mol. The van der Waals surface area contributed by atoms with Crippen molar-refractivity contribution in [1.82, 2.24) is 15.3 Å². The molecule has 0 aliphatic heterocycles. The first-order valence-electron chi connectivity index (χ1n) is 11.0. The number of benzene rings is 2. The van der Waals surface area contributed by atoms with E-state index in [0.29, 0.717) is 11.3 Å². The number of carboxylic acid groups (broad SMARTS) is 2. The van der Waals surface area contributed by atoms with Crippen molar-refractivity contribution in [1.29, 1.82) is 0 Å². The van der Waals surface area contributed by atoms with Crippen LogP contribution in [0, 0.1) is 12.3 Å². The Kier molecular flexibility index (Phi) is 8.36. The zero-order chi connectivity index (χ0) is 28.0. The molecule has 0 saturated carbocycles. The number of alkyl halides is 3. The zero-order valence-electron chi connectivity index (χ0n) is 19.6. The van der Waals surface area contributed by atoms with Gasteiger partial charge in [0.1, 0.15) is 6.04 Å². The Labute approximate surface area is 213 Å². The summed E-state index contributed by atoms with van der Waals surface area (Å²) in [7, 11) is 0. The largest absolute Gasteiger partial charge is 0.481 e. The van der Waals surface area contributed by atoms with Crippen LogP contribution in [0.25, 0.3) is 10.9 Å². The van der Waals surface area contributed by atoms with Crippen LogP contribution in [0.1, 0.15) is 34.6 Å². The predicted octanol–water partition coefficient (Wildman–Crippen LogP) is 2.63. The molecule has 3 rings (SSSR count). The molecule has 1 amide bonds. The third kappa shape index (κ3) is 6.88.